The molecule has 0 bridgehead atoms. The highest BCUT2D eigenvalue weighted by Gasteiger charge is 2.19. The van der Waals surface area contributed by atoms with Crippen molar-refractivity contribution in [3.63, 3.8) is 0 Å². The van der Waals surface area contributed by atoms with Gasteiger partial charge >= 0.3 is 7.82 Å². The van der Waals surface area contributed by atoms with E-state index in [-0.39, 0.29) is 11.5 Å². The molecule has 30 heavy (non-hydrogen) atoms. The zero-order chi connectivity index (χ0) is 23.3. The maximum absolute atomic E-state index is 11.1. The molecular formula is C22H33O7P. The molecule has 2 N–H and O–H groups in total. The largest absolute Gasteiger partial charge is 0.524 e. The van der Waals surface area contributed by atoms with Gasteiger partial charge in [0.2, 0.25) is 0 Å². The number of ether oxygens (including phenoxy) is 3. The highest BCUT2D eigenvalue weighted by atomic mass is 31.2. The topological polar surface area (TPSA) is 94.5 Å². The van der Waals surface area contributed by atoms with E-state index in [0.29, 0.717) is 17.1 Å². The van der Waals surface area contributed by atoms with E-state index in [9.17, 15) is 4.57 Å². The van der Waals surface area contributed by atoms with Crippen LogP contribution in [0.15, 0.2) is 30.3 Å². The summed E-state index contributed by atoms with van der Waals surface area (Å²) in [6.07, 6.45) is 3.63. The first-order valence-corrected chi connectivity index (χ1v) is 11.1. The summed E-state index contributed by atoms with van der Waals surface area (Å²) in [5.41, 5.74) is 2.49. The summed E-state index contributed by atoms with van der Waals surface area (Å²) in [5, 5.41) is 0. The molecule has 7 nitrogen and oxygen atoms in total. The number of benzene rings is 2. The van der Waals surface area contributed by atoms with Gasteiger partial charge in [0.25, 0.3) is 0 Å². The Hall–Kier alpha value is -2.47. The molecule has 2 aromatic rings. The summed E-state index contributed by atoms with van der Waals surface area (Å²) in [5.74, 6) is 1.48. The minimum atomic E-state index is -4.69. The average molecular weight is 440 g/mol. The summed E-state index contributed by atoms with van der Waals surface area (Å²) >= 11 is 0. The van der Waals surface area contributed by atoms with Crippen molar-refractivity contribution in [2.24, 2.45) is 0 Å². The maximum Gasteiger partial charge on any atom is 0.524 e. The summed E-state index contributed by atoms with van der Waals surface area (Å²) < 4.78 is 31.5. The van der Waals surface area contributed by atoms with Crippen molar-refractivity contribution in [3.8, 4) is 23.0 Å². The van der Waals surface area contributed by atoms with Gasteiger partial charge in [0.15, 0.2) is 23.0 Å². The van der Waals surface area contributed by atoms with E-state index in [1.54, 1.807) is 32.4 Å². The first-order chi connectivity index (χ1) is 14.3. The van der Waals surface area contributed by atoms with Gasteiger partial charge in [-0.2, -0.15) is 0 Å². The van der Waals surface area contributed by atoms with Crippen LogP contribution >= 0.6 is 7.82 Å². The number of phosphoric ester groups is 1. The molecule has 0 amide bonds. The van der Waals surface area contributed by atoms with E-state index >= 15 is 0 Å². The fourth-order valence-electron chi connectivity index (χ4n) is 2.47. The number of phosphoric acid groups is 1. The van der Waals surface area contributed by atoms with Crippen molar-refractivity contribution in [2.75, 3.05) is 21.3 Å². The van der Waals surface area contributed by atoms with E-state index < -0.39 is 7.82 Å². The molecule has 2 rings (SSSR count). The molecule has 0 aliphatic rings. The van der Waals surface area contributed by atoms with Crippen LogP contribution in [0.2, 0.25) is 0 Å². The van der Waals surface area contributed by atoms with E-state index in [1.807, 2.05) is 52.8 Å². The Morgan fingerprint density at radius 1 is 0.767 bits per heavy atom. The van der Waals surface area contributed by atoms with Gasteiger partial charge in [-0.3, -0.25) is 9.79 Å². The molecule has 8 heteroatoms. The van der Waals surface area contributed by atoms with Gasteiger partial charge in [-0.15, -0.1) is 0 Å². The van der Waals surface area contributed by atoms with Crippen LogP contribution in [0.1, 0.15) is 44.4 Å². The molecule has 0 aliphatic carbocycles. The van der Waals surface area contributed by atoms with Crippen LogP contribution in [0.25, 0.3) is 12.2 Å². The Kier molecular flexibility index (Phi) is 12.6. The van der Waals surface area contributed by atoms with E-state index in [2.05, 4.69) is 4.52 Å². The molecule has 0 saturated heterocycles. The SMILES string of the molecule is CC.CC.COc1ccc(/C=C\c2cc(C)c(OC)c(OC)c2)cc1OP(=O)(O)O. The van der Waals surface area contributed by atoms with Crippen molar-refractivity contribution >= 4 is 20.0 Å². The third kappa shape index (κ3) is 8.49. The molecular weight excluding hydrogens is 407 g/mol. The molecule has 0 unspecified atom stereocenters. The van der Waals surface area contributed by atoms with Gasteiger partial charge in [-0.25, -0.2) is 4.57 Å². The van der Waals surface area contributed by atoms with Crippen LogP contribution in [-0.2, 0) is 4.57 Å². The zero-order valence-corrected chi connectivity index (χ0v) is 19.8. The summed E-state index contributed by atoms with van der Waals surface area (Å²) in [7, 11) is -0.140. The van der Waals surface area contributed by atoms with Crippen LogP contribution in [0.5, 0.6) is 23.0 Å². The molecule has 0 heterocycles. The standard InChI is InChI=1S/C18H21O7P.2C2H6/c1-12-9-14(11-17(23-3)18(12)24-4)6-5-13-7-8-15(22-2)16(10-13)25-26(19,20)21;2*1-2/h5-11H,1-4H3,(H2,19,20,21);2*1-2H3/b6-5-;;. The lowest BCUT2D eigenvalue weighted by Gasteiger charge is -2.12. The third-order valence-corrected chi connectivity index (χ3v) is 3.99. The average Bonchev–Trinajstić information content (AvgIpc) is 2.73. The second kappa shape index (κ2) is 13.7. The highest BCUT2D eigenvalue weighted by molar-refractivity contribution is 7.46. The normalized spacial score (nSPS) is 10.3. The number of aryl methyl sites for hydroxylation is 1. The summed E-state index contributed by atoms with van der Waals surface area (Å²) in [6.45, 7) is 9.91. The molecule has 168 valence electrons. The lowest BCUT2D eigenvalue weighted by atomic mass is 10.1. The van der Waals surface area contributed by atoms with Crippen LogP contribution in [0, 0.1) is 6.92 Å². The minimum Gasteiger partial charge on any atom is -0.493 e. The van der Waals surface area contributed by atoms with Gasteiger partial charge in [-0.1, -0.05) is 45.9 Å². The smallest absolute Gasteiger partial charge is 0.493 e. The lowest BCUT2D eigenvalue weighted by Crippen LogP contribution is -1.94. The molecule has 0 fully saturated rings. The van der Waals surface area contributed by atoms with Gasteiger partial charge in [0.1, 0.15) is 0 Å². The minimum absolute atomic E-state index is 0.0357. The van der Waals surface area contributed by atoms with E-state index in [4.69, 9.17) is 24.0 Å². The third-order valence-electron chi connectivity index (χ3n) is 3.56. The zero-order valence-electron chi connectivity index (χ0n) is 18.9. The molecule has 0 atom stereocenters. The Labute approximate surface area is 179 Å². The molecule has 0 radical (unpaired) electrons. The second-order valence-corrected chi connectivity index (χ2v) is 6.56. The Morgan fingerprint density at radius 3 is 1.80 bits per heavy atom. The first-order valence-electron chi connectivity index (χ1n) is 9.61. The number of methoxy groups -OCH3 is 3. The van der Waals surface area contributed by atoms with Crippen LogP contribution in [0.3, 0.4) is 0 Å². The van der Waals surface area contributed by atoms with E-state index in [1.165, 1.54) is 13.2 Å². The van der Waals surface area contributed by atoms with Crippen molar-refractivity contribution in [2.45, 2.75) is 34.6 Å². The molecule has 0 aliphatic heterocycles. The number of hydrogen-bond donors (Lipinski definition) is 2. The van der Waals surface area contributed by atoms with Crippen LogP contribution in [-0.4, -0.2) is 31.1 Å². The van der Waals surface area contributed by atoms with Gasteiger partial charge in [0, 0.05) is 0 Å². The Bertz CT molecular complexity index is 857. The summed E-state index contributed by atoms with van der Waals surface area (Å²) in [6, 6.07) is 8.58. The fraction of sp³-hybridized carbons (Fsp3) is 0.364. The van der Waals surface area contributed by atoms with Crippen molar-refractivity contribution in [1.29, 1.82) is 0 Å². The first kappa shape index (κ1) is 27.5. The molecule has 2 aromatic carbocycles. The molecule has 0 saturated carbocycles. The van der Waals surface area contributed by atoms with Crippen molar-refractivity contribution in [3.05, 3.63) is 47.0 Å². The monoisotopic (exact) mass is 440 g/mol. The number of hydrogen-bond acceptors (Lipinski definition) is 5. The Morgan fingerprint density at radius 2 is 1.30 bits per heavy atom. The molecule has 0 aromatic heterocycles. The Balaban J connectivity index is 0.00000198. The van der Waals surface area contributed by atoms with Gasteiger partial charge in [0.05, 0.1) is 21.3 Å². The fourth-order valence-corrected chi connectivity index (χ4v) is 2.87. The number of rotatable bonds is 7. The van der Waals surface area contributed by atoms with Gasteiger partial charge < -0.3 is 18.7 Å². The predicted octanol–water partition coefficient (Wildman–Crippen LogP) is 5.72. The highest BCUT2D eigenvalue weighted by Crippen LogP contribution is 2.42. The summed E-state index contributed by atoms with van der Waals surface area (Å²) in [4.78, 5) is 18.0. The van der Waals surface area contributed by atoms with Gasteiger partial charge in [-0.05, 0) is 47.9 Å². The van der Waals surface area contributed by atoms with E-state index in [0.717, 1.165) is 11.1 Å². The predicted molar refractivity (Wildman–Crippen MR) is 122 cm³/mol. The van der Waals surface area contributed by atoms with Crippen molar-refractivity contribution < 1.29 is 33.1 Å². The quantitative estimate of drug-likeness (QED) is 0.420. The molecule has 0 spiro atoms. The lowest BCUT2D eigenvalue weighted by molar-refractivity contribution is 0.276. The van der Waals surface area contributed by atoms with Crippen LogP contribution in [0.4, 0.5) is 0 Å². The van der Waals surface area contributed by atoms with Crippen LogP contribution < -0.4 is 18.7 Å². The van der Waals surface area contributed by atoms with Crippen molar-refractivity contribution in [1.82, 2.24) is 0 Å². The second-order valence-electron chi connectivity index (χ2n) is 5.40. The maximum atomic E-state index is 11.1.